The van der Waals surface area contributed by atoms with Gasteiger partial charge in [-0.05, 0) is 37.9 Å². The number of carboxylic acids is 1. The van der Waals surface area contributed by atoms with Crippen molar-refractivity contribution >= 4 is 22.8 Å². The van der Waals surface area contributed by atoms with E-state index in [9.17, 15) is 14.7 Å². The van der Waals surface area contributed by atoms with Crippen molar-refractivity contribution in [1.29, 1.82) is 0 Å². The van der Waals surface area contributed by atoms with Gasteiger partial charge in [-0.1, -0.05) is 30.3 Å². The molecule has 0 spiro atoms. The van der Waals surface area contributed by atoms with E-state index < -0.39 is 12.0 Å². The first-order valence-corrected chi connectivity index (χ1v) is 12.3. The smallest absolute Gasteiger partial charge is 0.325 e. The fourth-order valence-electron chi connectivity index (χ4n) is 4.52. The standard InChI is InChI=1S/C27H35N5O4/c1-30(2)11-10-28-25(33)18-31-12-14-32(15-13-31)26(27(34)35)23-17-29-24-9-8-21(16-22(23)24)36-19-20-6-4-3-5-7-20/h3-9,16-17,26,29H,10-15,18-19H2,1-2H3,(H,28,33)(H,34,35)/t26-/m0/s1. The maximum atomic E-state index is 12.4. The number of aliphatic carboxylic acids is 1. The molecule has 1 aliphatic heterocycles. The molecule has 2 aromatic carbocycles. The summed E-state index contributed by atoms with van der Waals surface area (Å²) in [5, 5.41) is 13.9. The van der Waals surface area contributed by atoms with Gasteiger partial charge in [0, 0.05) is 61.9 Å². The lowest BCUT2D eigenvalue weighted by atomic mass is 10.0. The molecule has 0 unspecified atom stereocenters. The first-order valence-electron chi connectivity index (χ1n) is 12.3. The Labute approximate surface area is 211 Å². The molecule has 0 bridgehead atoms. The summed E-state index contributed by atoms with van der Waals surface area (Å²) in [7, 11) is 3.94. The van der Waals surface area contributed by atoms with Gasteiger partial charge in [0.2, 0.25) is 5.91 Å². The van der Waals surface area contributed by atoms with E-state index >= 15 is 0 Å². The maximum Gasteiger partial charge on any atom is 0.325 e. The Morgan fingerprint density at radius 3 is 2.56 bits per heavy atom. The zero-order valence-electron chi connectivity index (χ0n) is 20.9. The molecule has 1 aromatic heterocycles. The van der Waals surface area contributed by atoms with Crippen molar-refractivity contribution in [2.75, 3.05) is 59.9 Å². The van der Waals surface area contributed by atoms with Crippen molar-refractivity contribution < 1.29 is 19.4 Å². The number of H-pyrrole nitrogens is 1. The molecule has 0 aliphatic carbocycles. The summed E-state index contributed by atoms with van der Waals surface area (Å²) in [5.41, 5.74) is 2.66. The highest BCUT2D eigenvalue weighted by Gasteiger charge is 2.32. The van der Waals surface area contributed by atoms with E-state index in [0.717, 1.165) is 28.6 Å². The van der Waals surface area contributed by atoms with Crippen LogP contribution in [0.3, 0.4) is 0 Å². The molecule has 1 saturated heterocycles. The van der Waals surface area contributed by atoms with E-state index in [1.54, 1.807) is 6.20 Å². The number of carboxylic acid groups (broad SMARTS) is 1. The minimum atomic E-state index is -0.888. The maximum absolute atomic E-state index is 12.4. The summed E-state index contributed by atoms with van der Waals surface area (Å²) >= 11 is 0. The van der Waals surface area contributed by atoms with Crippen LogP contribution in [0.2, 0.25) is 0 Å². The monoisotopic (exact) mass is 493 g/mol. The number of likely N-dealkylation sites (N-methyl/N-ethyl adjacent to an activating group) is 1. The molecule has 36 heavy (non-hydrogen) atoms. The highest BCUT2D eigenvalue weighted by atomic mass is 16.5. The van der Waals surface area contributed by atoms with Gasteiger partial charge in [-0.2, -0.15) is 0 Å². The fraction of sp³-hybridized carbons (Fsp3) is 0.407. The van der Waals surface area contributed by atoms with Gasteiger partial charge in [0.25, 0.3) is 0 Å². The molecule has 3 aromatic rings. The zero-order valence-corrected chi connectivity index (χ0v) is 20.9. The normalized spacial score (nSPS) is 15.8. The van der Waals surface area contributed by atoms with E-state index in [1.807, 2.05) is 72.4 Å². The molecule has 192 valence electrons. The lowest BCUT2D eigenvalue weighted by Gasteiger charge is -2.37. The Hall–Kier alpha value is -3.40. The van der Waals surface area contributed by atoms with Gasteiger partial charge in [0.1, 0.15) is 18.4 Å². The van der Waals surface area contributed by atoms with Gasteiger partial charge < -0.3 is 25.0 Å². The molecular weight excluding hydrogens is 458 g/mol. The van der Waals surface area contributed by atoms with Gasteiger partial charge in [-0.25, -0.2) is 0 Å². The highest BCUT2D eigenvalue weighted by Crippen LogP contribution is 2.32. The lowest BCUT2D eigenvalue weighted by molar-refractivity contribution is -0.144. The number of fused-ring (bicyclic) bond motifs is 1. The Morgan fingerprint density at radius 2 is 1.86 bits per heavy atom. The van der Waals surface area contributed by atoms with Crippen molar-refractivity contribution in [3.05, 3.63) is 65.9 Å². The number of nitrogens with zero attached hydrogens (tertiary/aromatic N) is 3. The lowest BCUT2D eigenvalue weighted by Crippen LogP contribution is -2.51. The fourth-order valence-corrected chi connectivity index (χ4v) is 4.52. The predicted octanol–water partition coefficient (Wildman–Crippen LogP) is 2.17. The number of ether oxygens (including phenoxy) is 1. The average Bonchev–Trinajstić information content (AvgIpc) is 3.27. The van der Waals surface area contributed by atoms with Crippen LogP contribution < -0.4 is 10.1 Å². The molecule has 4 rings (SSSR count). The molecule has 0 radical (unpaired) electrons. The van der Waals surface area contributed by atoms with Crippen LogP contribution in [0.1, 0.15) is 17.2 Å². The number of rotatable bonds is 11. The third-order valence-electron chi connectivity index (χ3n) is 6.48. The topological polar surface area (TPSA) is 101 Å². The second-order valence-corrected chi connectivity index (χ2v) is 9.43. The van der Waals surface area contributed by atoms with Gasteiger partial charge in [0.05, 0.1) is 6.54 Å². The third kappa shape index (κ3) is 6.63. The average molecular weight is 494 g/mol. The summed E-state index contributed by atoms with van der Waals surface area (Å²) in [5.74, 6) is -0.192. The minimum Gasteiger partial charge on any atom is -0.489 e. The molecule has 3 N–H and O–H groups in total. The van der Waals surface area contributed by atoms with Crippen molar-refractivity contribution in [2.45, 2.75) is 12.6 Å². The molecule has 1 atom stereocenters. The highest BCUT2D eigenvalue weighted by molar-refractivity contribution is 5.90. The minimum absolute atomic E-state index is 0.000236. The van der Waals surface area contributed by atoms with Crippen LogP contribution in [0.5, 0.6) is 5.75 Å². The number of hydrogen-bond donors (Lipinski definition) is 3. The van der Waals surface area contributed by atoms with Crippen molar-refractivity contribution in [3.8, 4) is 5.75 Å². The first-order chi connectivity index (χ1) is 17.4. The molecule has 2 heterocycles. The summed E-state index contributed by atoms with van der Waals surface area (Å²) < 4.78 is 5.98. The van der Waals surface area contributed by atoms with Crippen molar-refractivity contribution in [1.82, 2.24) is 25.0 Å². The molecule has 9 nitrogen and oxygen atoms in total. The van der Waals surface area contributed by atoms with E-state index in [1.165, 1.54) is 0 Å². The third-order valence-corrected chi connectivity index (χ3v) is 6.48. The largest absolute Gasteiger partial charge is 0.489 e. The quantitative estimate of drug-likeness (QED) is 0.376. The number of amides is 1. The number of nitrogens with one attached hydrogen (secondary N) is 2. The molecule has 0 saturated carbocycles. The van der Waals surface area contributed by atoms with E-state index in [-0.39, 0.29) is 5.91 Å². The molecule has 1 amide bonds. The van der Waals surface area contributed by atoms with E-state index in [2.05, 4.69) is 15.2 Å². The summed E-state index contributed by atoms with van der Waals surface area (Å²) in [4.78, 5) is 33.9. The predicted molar refractivity (Wildman–Crippen MR) is 139 cm³/mol. The van der Waals surface area contributed by atoms with Crippen molar-refractivity contribution in [3.63, 3.8) is 0 Å². The number of benzene rings is 2. The van der Waals surface area contributed by atoms with Crippen LogP contribution in [0.15, 0.2) is 54.7 Å². The van der Waals surface area contributed by atoms with Crippen molar-refractivity contribution in [2.24, 2.45) is 0 Å². The van der Waals surface area contributed by atoms with Crippen LogP contribution >= 0.6 is 0 Å². The van der Waals surface area contributed by atoms with E-state index in [0.29, 0.717) is 51.6 Å². The number of aromatic nitrogens is 1. The Morgan fingerprint density at radius 1 is 1.11 bits per heavy atom. The molecule has 9 heteroatoms. The Balaban J connectivity index is 1.40. The van der Waals surface area contributed by atoms with Gasteiger partial charge in [0.15, 0.2) is 0 Å². The van der Waals surface area contributed by atoms with Crippen LogP contribution in [0.4, 0.5) is 0 Å². The van der Waals surface area contributed by atoms with Crippen LogP contribution in [0, 0.1) is 0 Å². The van der Waals surface area contributed by atoms with Gasteiger partial charge >= 0.3 is 5.97 Å². The number of hydrogen-bond acceptors (Lipinski definition) is 6. The Kier molecular flexibility index (Phi) is 8.58. The molecule has 1 fully saturated rings. The van der Waals surface area contributed by atoms with Gasteiger partial charge in [-0.3, -0.25) is 19.4 Å². The first kappa shape index (κ1) is 25.7. The second kappa shape index (κ2) is 12.0. The summed E-state index contributed by atoms with van der Waals surface area (Å²) in [6, 6.07) is 14.9. The van der Waals surface area contributed by atoms with Crippen LogP contribution in [-0.2, 0) is 16.2 Å². The second-order valence-electron chi connectivity index (χ2n) is 9.43. The van der Waals surface area contributed by atoms with E-state index in [4.69, 9.17) is 4.74 Å². The van der Waals surface area contributed by atoms with Crippen LogP contribution in [0.25, 0.3) is 10.9 Å². The summed E-state index contributed by atoms with van der Waals surface area (Å²) in [6.07, 6.45) is 1.79. The van der Waals surface area contributed by atoms with Crippen LogP contribution in [-0.4, -0.2) is 96.6 Å². The Bertz CT molecular complexity index is 1160. The number of aromatic amines is 1. The zero-order chi connectivity index (χ0) is 25.5. The van der Waals surface area contributed by atoms with Gasteiger partial charge in [-0.15, -0.1) is 0 Å². The molecular formula is C27H35N5O4. The SMILES string of the molecule is CN(C)CCNC(=O)CN1CCN([C@H](C(=O)O)c2c[nH]c3ccc(OCc4ccccc4)cc23)CC1. The summed E-state index contributed by atoms with van der Waals surface area (Å²) in [6.45, 7) is 4.59. The molecule has 1 aliphatic rings. The number of carbonyl (C=O) groups excluding carboxylic acids is 1. The number of piperazine rings is 1. The number of carbonyl (C=O) groups is 2.